The van der Waals surface area contributed by atoms with Gasteiger partial charge in [-0.05, 0) is 52.7 Å². The topological polar surface area (TPSA) is 12.0 Å². The van der Waals surface area contributed by atoms with Crippen LogP contribution in [0, 0.1) is 5.82 Å². The maximum Gasteiger partial charge on any atom is 0.137 e. The number of thiophene rings is 1. The molecule has 0 aliphatic heterocycles. The second-order valence-corrected chi connectivity index (χ2v) is 6.71. The normalized spacial score (nSPS) is 12.6. The van der Waals surface area contributed by atoms with E-state index in [1.165, 1.54) is 17.4 Å². The Morgan fingerprint density at radius 1 is 1.37 bits per heavy atom. The molecule has 0 amide bonds. The van der Waals surface area contributed by atoms with E-state index < -0.39 is 0 Å². The van der Waals surface area contributed by atoms with Crippen molar-refractivity contribution in [2.45, 2.75) is 19.4 Å². The van der Waals surface area contributed by atoms with Gasteiger partial charge in [-0.1, -0.05) is 30.7 Å². The third kappa shape index (κ3) is 3.57. The van der Waals surface area contributed by atoms with Crippen molar-refractivity contribution in [1.82, 2.24) is 5.32 Å². The van der Waals surface area contributed by atoms with E-state index >= 15 is 0 Å². The first-order valence-electron chi connectivity index (χ1n) is 6.06. The first kappa shape index (κ1) is 15.0. The average Bonchev–Trinajstić information content (AvgIpc) is 2.81. The summed E-state index contributed by atoms with van der Waals surface area (Å²) in [6.07, 6.45) is 1.02. The molecule has 0 spiro atoms. The molecule has 1 atom stereocenters. The number of nitrogens with one attached hydrogen (secondary N) is 1. The van der Waals surface area contributed by atoms with Crippen molar-refractivity contribution in [1.29, 1.82) is 0 Å². The highest BCUT2D eigenvalue weighted by molar-refractivity contribution is 9.10. The molecule has 1 aromatic carbocycles. The molecule has 2 aromatic rings. The molecule has 1 aromatic heterocycles. The molecule has 1 unspecified atom stereocenters. The number of rotatable bonds is 5. The fourth-order valence-electron chi connectivity index (χ4n) is 1.88. The Morgan fingerprint density at radius 3 is 2.79 bits per heavy atom. The lowest BCUT2D eigenvalue weighted by Gasteiger charge is -2.19. The van der Waals surface area contributed by atoms with Crippen LogP contribution in [0.4, 0.5) is 4.39 Å². The van der Waals surface area contributed by atoms with Gasteiger partial charge in [0, 0.05) is 4.88 Å². The zero-order chi connectivity index (χ0) is 13.8. The molecule has 0 fully saturated rings. The largest absolute Gasteiger partial charge is 0.306 e. The van der Waals surface area contributed by atoms with Crippen LogP contribution in [0.15, 0.2) is 34.8 Å². The van der Waals surface area contributed by atoms with Crippen molar-refractivity contribution >= 4 is 38.9 Å². The van der Waals surface area contributed by atoms with Crippen LogP contribution in [0.1, 0.15) is 29.8 Å². The van der Waals surface area contributed by atoms with Gasteiger partial charge in [0.15, 0.2) is 0 Å². The van der Waals surface area contributed by atoms with E-state index in [-0.39, 0.29) is 11.9 Å². The Kier molecular flexibility index (Phi) is 5.39. The predicted octanol–water partition coefficient (Wildman–Crippen LogP) is 5.39. The molecule has 0 bridgehead atoms. The Morgan fingerprint density at radius 2 is 2.16 bits per heavy atom. The van der Waals surface area contributed by atoms with Gasteiger partial charge in [-0.25, -0.2) is 4.39 Å². The van der Waals surface area contributed by atoms with Crippen molar-refractivity contribution in [2.75, 3.05) is 6.54 Å². The van der Waals surface area contributed by atoms with Gasteiger partial charge in [-0.15, -0.1) is 11.3 Å². The standard InChI is InChI=1S/C14H14BrClFNS/c1-2-8-18-14(11-6-7-12(16)19-11)9-4-3-5-10(17)13(9)15/h3-7,14,18H,2,8H2,1H3. The highest BCUT2D eigenvalue weighted by atomic mass is 79.9. The summed E-state index contributed by atoms with van der Waals surface area (Å²) < 4.78 is 14.9. The maximum absolute atomic E-state index is 13.7. The number of hydrogen-bond donors (Lipinski definition) is 1. The molecule has 5 heteroatoms. The van der Waals surface area contributed by atoms with E-state index in [1.54, 1.807) is 6.07 Å². The lowest BCUT2D eigenvalue weighted by atomic mass is 10.1. The van der Waals surface area contributed by atoms with Crippen LogP contribution in [0.3, 0.4) is 0 Å². The van der Waals surface area contributed by atoms with Gasteiger partial charge in [0.2, 0.25) is 0 Å². The van der Waals surface area contributed by atoms with Crippen LogP contribution >= 0.6 is 38.9 Å². The molecule has 2 rings (SSSR count). The third-order valence-corrected chi connectivity index (χ3v) is 4.90. The molecule has 0 radical (unpaired) electrons. The van der Waals surface area contributed by atoms with Gasteiger partial charge < -0.3 is 5.32 Å². The van der Waals surface area contributed by atoms with Gasteiger partial charge in [0.25, 0.3) is 0 Å². The minimum atomic E-state index is -0.247. The molecular formula is C14H14BrClFNS. The fraction of sp³-hybridized carbons (Fsp3) is 0.286. The summed E-state index contributed by atoms with van der Waals surface area (Å²) in [6, 6.07) is 8.92. The van der Waals surface area contributed by atoms with Gasteiger partial charge in [0.1, 0.15) is 5.82 Å². The van der Waals surface area contributed by atoms with Crippen LogP contribution in [-0.2, 0) is 0 Å². The van der Waals surface area contributed by atoms with Gasteiger partial charge in [-0.3, -0.25) is 0 Å². The molecule has 1 nitrogen and oxygen atoms in total. The van der Waals surface area contributed by atoms with E-state index in [9.17, 15) is 4.39 Å². The molecule has 19 heavy (non-hydrogen) atoms. The fourth-order valence-corrected chi connectivity index (χ4v) is 3.53. The highest BCUT2D eigenvalue weighted by Gasteiger charge is 2.19. The van der Waals surface area contributed by atoms with Crippen LogP contribution < -0.4 is 5.32 Å². The second kappa shape index (κ2) is 6.84. The summed E-state index contributed by atoms with van der Waals surface area (Å²) in [4.78, 5) is 1.09. The van der Waals surface area contributed by atoms with Crippen molar-refractivity contribution < 1.29 is 4.39 Å². The summed E-state index contributed by atoms with van der Waals surface area (Å²) in [7, 11) is 0. The van der Waals surface area contributed by atoms with Crippen LogP contribution in [0.2, 0.25) is 4.34 Å². The minimum absolute atomic E-state index is 0.0393. The summed E-state index contributed by atoms with van der Waals surface area (Å²) in [5.74, 6) is -0.247. The van der Waals surface area contributed by atoms with E-state index in [0.717, 1.165) is 27.7 Å². The number of hydrogen-bond acceptors (Lipinski definition) is 2. The number of halogens is 3. The van der Waals surface area contributed by atoms with Gasteiger partial charge >= 0.3 is 0 Å². The first-order valence-corrected chi connectivity index (χ1v) is 8.04. The van der Waals surface area contributed by atoms with E-state index in [0.29, 0.717) is 4.47 Å². The van der Waals surface area contributed by atoms with Crippen molar-refractivity contribution in [3.63, 3.8) is 0 Å². The molecule has 0 saturated carbocycles. The highest BCUT2D eigenvalue weighted by Crippen LogP contribution is 2.35. The van der Waals surface area contributed by atoms with Gasteiger partial charge in [0.05, 0.1) is 14.9 Å². The minimum Gasteiger partial charge on any atom is -0.306 e. The van der Waals surface area contributed by atoms with E-state index in [4.69, 9.17) is 11.6 Å². The molecular weight excluding hydrogens is 349 g/mol. The van der Waals surface area contributed by atoms with Crippen molar-refractivity contribution in [3.8, 4) is 0 Å². The zero-order valence-corrected chi connectivity index (χ0v) is 13.6. The molecule has 0 saturated heterocycles. The Bertz CT molecular complexity index is 558. The predicted molar refractivity (Wildman–Crippen MR) is 83.6 cm³/mol. The van der Waals surface area contributed by atoms with E-state index in [1.807, 2.05) is 18.2 Å². The smallest absolute Gasteiger partial charge is 0.137 e. The summed E-state index contributed by atoms with van der Waals surface area (Å²) in [5, 5.41) is 3.44. The SMILES string of the molecule is CCCNC(c1ccc(Cl)s1)c1cccc(F)c1Br. The van der Waals surface area contributed by atoms with Crippen LogP contribution in [0.25, 0.3) is 0 Å². The summed E-state index contributed by atoms with van der Waals surface area (Å²) in [6.45, 7) is 2.97. The molecule has 0 aliphatic rings. The summed E-state index contributed by atoms with van der Waals surface area (Å²) in [5.41, 5.74) is 0.895. The lowest BCUT2D eigenvalue weighted by molar-refractivity contribution is 0.585. The maximum atomic E-state index is 13.7. The zero-order valence-electron chi connectivity index (χ0n) is 10.4. The van der Waals surface area contributed by atoms with Crippen LogP contribution in [0.5, 0.6) is 0 Å². The Hall–Kier alpha value is -0.420. The quantitative estimate of drug-likeness (QED) is 0.751. The molecule has 1 N–H and O–H groups in total. The molecule has 102 valence electrons. The van der Waals surface area contributed by atoms with E-state index in [2.05, 4.69) is 28.2 Å². The summed E-state index contributed by atoms with van der Waals surface area (Å²) >= 11 is 10.9. The average molecular weight is 363 g/mol. The Balaban J connectivity index is 2.39. The second-order valence-electron chi connectivity index (χ2n) is 4.17. The number of benzene rings is 1. The molecule has 1 heterocycles. The monoisotopic (exact) mass is 361 g/mol. The third-order valence-electron chi connectivity index (χ3n) is 2.77. The Labute approximate surface area is 129 Å². The van der Waals surface area contributed by atoms with Crippen LogP contribution in [-0.4, -0.2) is 6.54 Å². The van der Waals surface area contributed by atoms with Crippen molar-refractivity contribution in [3.05, 3.63) is 55.4 Å². The molecule has 0 aliphatic carbocycles. The first-order chi connectivity index (χ1) is 9.13. The lowest BCUT2D eigenvalue weighted by Crippen LogP contribution is -2.23. The van der Waals surface area contributed by atoms with Gasteiger partial charge in [-0.2, -0.15) is 0 Å². The van der Waals surface area contributed by atoms with Crippen molar-refractivity contribution in [2.24, 2.45) is 0 Å².